The fourth-order valence-electron chi connectivity index (χ4n) is 4.26. The van der Waals surface area contributed by atoms with Gasteiger partial charge in [0.05, 0.1) is 0 Å². The SMILES string of the molecule is CCN1C(=O)C(=CN2CCC(N3CCCCC3)CC2)C(=O)N(CC)S1(=O)=O. The van der Waals surface area contributed by atoms with Gasteiger partial charge in [0.25, 0.3) is 11.8 Å². The number of hydrogen-bond donors (Lipinski definition) is 0. The smallest absolute Gasteiger partial charge is 0.331 e. The van der Waals surface area contributed by atoms with Gasteiger partial charge in [-0.25, -0.2) is 8.61 Å². The van der Waals surface area contributed by atoms with Crippen molar-refractivity contribution in [2.75, 3.05) is 39.3 Å². The van der Waals surface area contributed by atoms with E-state index in [0.717, 1.165) is 47.6 Å². The van der Waals surface area contributed by atoms with E-state index in [-0.39, 0.29) is 18.7 Å². The third kappa shape index (κ3) is 3.85. The van der Waals surface area contributed by atoms with E-state index in [2.05, 4.69) is 4.90 Å². The molecule has 2 amide bonds. The molecule has 9 heteroatoms. The number of likely N-dealkylation sites (N-methyl/N-ethyl adjacent to an activating group) is 2. The highest BCUT2D eigenvalue weighted by atomic mass is 32.2. The van der Waals surface area contributed by atoms with E-state index in [4.69, 9.17) is 0 Å². The van der Waals surface area contributed by atoms with E-state index in [0.29, 0.717) is 6.04 Å². The molecule has 0 N–H and O–H groups in total. The van der Waals surface area contributed by atoms with Gasteiger partial charge in [-0.3, -0.25) is 9.59 Å². The van der Waals surface area contributed by atoms with Gasteiger partial charge in [-0.15, -0.1) is 0 Å². The second-order valence-electron chi connectivity index (χ2n) is 7.35. The molecule has 0 bridgehead atoms. The summed E-state index contributed by atoms with van der Waals surface area (Å²) in [5.74, 6) is -1.43. The molecule has 3 aliphatic rings. The molecule has 0 unspecified atom stereocenters. The minimum Gasteiger partial charge on any atom is -0.376 e. The van der Waals surface area contributed by atoms with Crippen molar-refractivity contribution < 1.29 is 18.0 Å². The molecule has 0 aromatic carbocycles. The Balaban J connectivity index is 1.72. The van der Waals surface area contributed by atoms with Crippen LogP contribution < -0.4 is 0 Å². The van der Waals surface area contributed by atoms with Crippen molar-refractivity contribution in [2.24, 2.45) is 0 Å². The Labute approximate surface area is 161 Å². The summed E-state index contributed by atoms with van der Waals surface area (Å²) in [7, 11) is -4.06. The number of likely N-dealkylation sites (tertiary alicyclic amines) is 2. The molecule has 0 aliphatic carbocycles. The summed E-state index contributed by atoms with van der Waals surface area (Å²) >= 11 is 0. The van der Waals surface area contributed by atoms with Gasteiger partial charge in [-0.2, -0.15) is 8.42 Å². The van der Waals surface area contributed by atoms with Gasteiger partial charge in [-0.05, 0) is 52.6 Å². The molecule has 0 saturated carbocycles. The Bertz CT molecular complexity index is 675. The van der Waals surface area contributed by atoms with Crippen LogP contribution in [-0.2, 0) is 19.8 Å². The van der Waals surface area contributed by atoms with E-state index < -0.39 is 22.0 Å². The zero-order valence-corrected chi connectivity index (χ0v) is 17.1. The summed E-state index contributed by atoms with van der Waals surface area (Å²) < 4.78 is 26.4. The second kappa shape index (κ2) is 8.18. The molecule has 0 atom stereocenters. The summed E-state index contributed by atoms with van der Waals surface area (Å²) in [6.45, 7) is 7.10. The van der Waals surface area contributed by atoms with Crippen molar-refractivity contribution in [1.82, 2.24) is 18.4 Å². The lowest BCUT2D eigenvalue weighted by Crippen LogP contribution is -2.56. The lowest BCUT2D eigenvalue weighted by Gasteiger charge is -2.40. The van der Waals surface area contributed by atoms with Crippen LogP contribution in [0.5, 0.6) is 0 Å². The molecule has 3 rings (SSSR count). The third-order valence-corrected chi connectivity index (χ3v) is 7.73. The predicted octanol–water partition coefficient (Wildman–Crippen LogP) is 0.776. The molecule has 3 heterocycles. The van der Waals surface area contributed by atoms with Crippen molar-refractivity contribution in [2.45, 2.75) is 52.0 Å². The largest absolute Gasteiger partial charge is 0.376 e. The van der Waals surface area contributed by atoms with Crippen molar-refractivity contribution in [3.05, 3.63) is 11.8 Å². The van der Waals surface area contributed by atoms with Crippen LogP contribution in [0.1, 0.15) is 46.0 Å². The van der Waals surface area contributed by atoms with Crippen LogP contribution in [-0.4, -0.2) is 84.0 Å². The van der Waals surface area contributed by atoms with Crippen LogP contribution in [0, 0.1) is 0 Å². The van der Waals surface area contributed by atoms with E-state index >= 15 is 0 Å². The lowest BCUT2D eigenvalue weighted by molar-refractivity contribution is -0.131. The maximum absolute atomic E-state index is 12.6. The number of nitrogens with zero attached hydrogens (tertiary/aromatic N) is 4. The summed E-state index contributed by atoms with van der Waals surface area (Å²) in [6.07, 6.45) is 7.43. The summed E-state index contributed by atoms with van der Waals surface area (Å²) in [5, 5.41) is 0. The quantitative estimate of drug-likeness (QED) is 0.514. The molecule has 3 fully saturated rings. The van der Waals surface area contributed by atoms with Crippen molar-refractivity contribution >= 4 is 22.0 Å². The zero-order chi connectivity index (χ0) is 19.6. The minimum absolute atomic E-state index is 0.0132. The van der Waals surface area contributed by atoms with Gasteiger partial charge < -0.3 is 9.80 Å². The van der Waals surface area contributed by atoms with Crippen LogP contribution in [0.25, 0.3) is 0 Å². The van der Waals surface area contributed by atoms with Crippen LogP contribution >= 0.6 is 0 Å². The molecule has 0 spiro atoms. The zero-order valence-electron chi connectivity index (χ0n) is 16.3. The number of hydrogen-bond acceptors (Lipinski definition) is 6. The fraction of sp³-hybridized carbons (Fsp3) is 0.778. The van der Waals surface area contributed by atoms with Crippen LogP contribution in [0.3, 0.4) is 0 Å². The number of rotatable bonds is 4. The molecule has 0 radical (unpaired) electrons. The number of carbonyl (C=O) groups is 2. The first-order valence-electron chi connectivity index (χ1n) is 9.99. The molecule has 3 aliphatic heterocycles. The van der Waals surface area contributed by atoms with E-state index in [1.165, 1.54) is 19.3 Å². The molecular weight excluding hydrogens is 368 g/mol. The van der Waals surface area contributed by atoms with Crippen LogP contribution in [0.2, 0.25) is 0 Å². The van der Waals surface area contributed by atoms with E-state index in [9.17, 15) is 18.0 Å². The summed E-state index contributed by atoms with van der Waals surface area (Å²) in [6, 6.07) is 0.567. The number of carbonyl (C=O) groups excluding carboxylic acids is 2. The van der Waals surface area contributed by atoms with Gasteiger partial charge in [0.15, 0.2) is 0 Å². The van der Waals surface area contributed by atoms with Gasteiger partial charge >= 0.3 is 10.2 Å². The molecule has 0 aromatic rings. The number of amides is 2. The monoisotopic (exact) mass is 398 g/mol. The normalized spacial score (nSPS) is 25.3. The third-order valence-electron chi connectivity index (χ3n) is 5.76. The Morgan fingerprint density at radius 2 is 1.41 bits per heavy atom. The Morgan fingerprint density at radius 3 is 1.89 bits per heavy atom. The second-order valence-corrected chi connectivity index (χ2v) is 9.13. The molecule has 152 valence electrons. The lowest BCUT2D eigenvalue weighted by atomic mass is 10.00. The summed E-state index contributed by atoms with van der Waals surface area (Å²) in [4.78, 5) is 29.8. The standard InChI is InChI=1S/C18H30N4O4S/c1-3-21-17(23)16(18(24)22(4-2)27(21,25)26)14-19-12-8-15(9-13-19)20-10-6-5-7-11-20/h14-15H,3-13H2,1-2H3. The van der Waals surface area contributed by atoms with Gasteiger partial charge in [0.1, 0.15) is 5.57 Å². The topological polar surface area (TPSA) is 81.2 Å². The highest BCUT2D eigenvalue weighted by molar-refractivity contribution is 7.88. The Kier molecular flexibility index (Phi) is 6.10. The van der Waals surface area contributed by atoms with E-state index in [1.54, 1.807) is 20.0 Å². The fourth-order valence-corrected chi connectivity index (χ4v) is 5.77. The average Bonchev–Trinajstić information content (AvgIpc) is 2.67. The molecule has 3 saturated heterocycles. The predicted molar refractivity (Wildman–Crippen MR) is 102 cm³/mol. The van der Waals surface area contributed by atoms with Crippen LogP contribution in [0.15, 0.2) is 11.8 Å². The highest BCUT2D eigenvalue weighted by Crippen LogP contribution is 2.25. The van der Waals surface area contributed by atoms with Crippen LogP contribution in [0.4, 0.5) is 0 Å². The highest BCUT2D eigenvalue weighted by Gasteiger charge is 2.45. The maximum Gasteiger partial charge on any atom is 0.331 e. The van der Waals surface area contributed by atoms with Crippen molar-refractivity contribution in [3.63, 3.8) is 0 Å². The van der Waals surface area contributed by atoms with Gasteiger partial charge in [0, 0.05) is 38.4 Å². The molecular formula is C18H30N4O4S. The first kappa shape index (κ1) is 20.1. The Hall–Kier alpha value is -1.61. The average molecular weight is 399 g/mol. The molecule has 0 aromatic heterocycles. The van der Waals surface area contributed by atoms with Gasteiger partial charge in [-0.1, -0.05) is 6.42 Å². The minimum atomic E-state index is -4.06. The van der Waals surface area contributed by atoms with E-state index in [1.807, 2.05) is 4.90 Å². The van der Waals surface area contributed by atoms with Crippen molar-refractivity contribution in [3.8, 4) is 0 Å². The molecule has 27 heavy (non-hydrogen) atoms. The number of piperidine rings is 2. The Morgan fingerprint density at radius 1 is 0.889 bits per heavy atom. The maximum atomic E-state index is 12.6. The van der Waals surface area contributed by atoms with Gasteiger partial charge in [0.2, 0.25) is 0 Å². The first-order chi connectivity index (χ1) is 12.9. The molecule has 8 nitrogen and oxygen atoms in total. The summed E-state index contributed by atoms with van der Waals surface area (Å²) in [5.41, 5.74) is -0.0510. The first-order valence-corrected chi connectivity index (χ1v) is 11.4. The van der Waals surface area contributed by atoms with Crippen molar-refractivity contribution in [1.29, 1.82) is 0 Å².